The molecular formula is C15H22BNO3. The summed E-state index contributed by atoms with van der Waals surface area (Å²) in [5, 5.41) is 18.4. The lowest BCUT2D eigenvalue weighted by atomic mass is 9.79. The van der Waals surface area contributed by atoms with Crippen LogP contribution in [-0.4, -0.2) is 40.6 Å². The van der Waals surface area contributed by atoms with Gasteiger partial charge in [-0.2, -0.15) is 0 Å². The number of amides is 1. The number of nitrogens with zero attached hydrogens (tertiary/aromatic N) is 1. The highest BCUT2D eigenvalue weighted by atomic mass is 16.4. The third-order valence-corrected chi connectivity index (χ3v) is 3.94. The fourth-order valence-electron chi connectivity index (χ4n) is 2.90. The first-order valence-corrected chi connectivity index (χ1v) is 7.40. The quantitative estimate of drug-likeness (QED) is 0.811. The van der Waals surface area contributed by atoms with E-state index in [1.165, 1.54) is 6.42 Å². The molecule has 1 amide bonds. The Bertz CT molecular complexity index is 462. The van der Waals surface area contributed by atoms with Crippen LogP contribution in [0.4, 0.5) is 0 Å². The molecule has 1 fully saturated rings. The van der Waals surface area contributed by atoms with Crippen molar-refractivity contribution in [3.63, 3.8) is 0 Å². The molecule has 20 heavy (non-hydrogen) atoms. The zero-order valence-corrected chi connectivity index (χ0v) is 12.0. The fourth-order valence-corrected chi connectivity index (χ4v) is 2.90. The minimum Gasteiger partial charge on any atom is -0.423 e. The summed E-state index contributed by atoms with van der Waals surface area (Å²) in [6.07, 6.45) is 5.41. The highest BCUT2D eigenvalue weighted by molar-refractivity contribution is 6.58. The number of likely N-dealkylation sites (tertiary alicyclic amines) is 1. The van der Waals surface area contributed by atoms with Crippen LogP contribution in [0, 0.1) is 0 Å². The van der Waals surface area contributed by atoms with Gasteiger partial charge in [0.05, 0.1) is 0 Å². The number of benzene rings is 1. The standard InChI is InChI=1S/C15H22BNO3/c1-2-6-14-9-3-4-10-17(14)15(18)12-7-5-8-13(11-12)16(19)20/h5,7-8,11,14,19-20H,2-4,6,9-10H2,1H3. The third kappa shape index (κ3) is 3.41. The molecule has 4 nitrogen and oxygen atoms in total. The van der Waals surface area contributed by atoms with Crippen LogP contribution in [0.5, 0.6) is 0 Å². The number of carbonyl (C=O) groups is 1. The van der Waals surface area contributed by atoms with Crippen molar-refractivity contribution in [3.05, 3.63) is 29.8 Å². The van der Waals surface area contributed by atoms with Crippen LogP contribution in [0.25, 0.3) is 0 Å². The van der Waals surface area contributed by atoms with Gasteiger partial charge in [-0.15, -0.1) is 0 Å². The molecule has 1 saturated heterocycles. The fraction of sp³-hybridized carbons (Fsp3) is 0.533. The van der Waals surface area contributed by atoms with E-state index in [9.17, 15) is 14.8 Å². The molecule has 0 radical (unpaired) electrons. The summed E-state index contributed by atoms with van der Waals surface area (Å²) in [5.41, 5.74) is 0.901. The molecule has 2 rings (SSSR count). The molecule has 108 valence electrons. The van der Waals surface area contributed by atoms with Crippen LogP contribution in [0.3, 0.4) is 0 Å². The summed E-state index contributed by atoms with van der Waals surface area (Å²) >= 11 is 0. The van der Waals surface area contributed by atoms with E-state index in [0.717, 1.165) is 32.2 Å². The van der Waals surface area contributed by atoms with Crippen molar-refractivity contribution < 1.29 is 14.8 Å². The van der Waals surface area contributed by atoms with Crippen LogP contribution in [0.2, 0.25) is 0 Å². The van der Waals surface area contributed by atoms with E-state index in [-0.39, 0.29) is 5.91 Å². The Morgan fingerprint density at radius 2 is 2.20 bits per heavy atom. The number of rotatable bonds is 4. The molecule has 1 atom stereocenters. The Labute approximate surface area is 120 Å². The summed E-state index contributed by atoms with van der Waals surface area (Å²) in [6.45, 7) is 2.94. The molecule has 1 unspecified atom stereocenters. The van der Waals surface area contributed by atoms with Gasteiger partial charge in [0.1, 0.15) is 0 Å². The molecule has 5 heteroatoms. The van der Waals surface area contributed by atoms with E-state index in [1.54, 1.807) is 24.3 Å². The molecule has 1 aliphatic rings. The molecule has 2 N–H and O–H groups in total. The lowest BCUT2D eigenvalue weighted by molar-refractivity contribution is 0.0601. The molecule has 1 heterocycles. The molecule has 0 saturated carbocycles. The van der Waals surface area contributed by atoms with Crippen molar-refractivity contribution in [1.29, 1.82) is 0 Å². The van der Waals surface area contributed by atoms with E-state index < -0.39 is 7.12 Å². The Morgan fingerprint density at radius 1 is 1.40 bits per heavy atom. The zero-order chi connectivity index (χ0) is 14.5. The SMILES string of the molecule is CCCC1CCCCN1C(=O)c1cccc(B(O)O)c1. The van der Waals surface area contributed by atoms with Crippen molar-refractivity contribution in [1.82, 2.24) is 4.90 Å². The highest BCUT2D eigenvalue weighted by Gasteiger charge is 2.27. The Hall–Kier alpha value is -1.33. The van der Waals surface area contributed by atoms with Crippen molar-refractivity contribution in [3.8, 4) is 0 Å². The van der Waals surface area contributed by atoms with Gasteiger partial charge in [0.2, 0.25) is 0 Å². The Morgan fingerprint density at radius 3 is 2.90 bits per heavy atom. The first kappa shape index (κ1) is 15.1. The first-order chi connectivity index (χ1) is 9.63. The predicted octanol–water partition coefficient (Wildman–Crippen LogP) is 1.16. The summed E-state index contributed by atoms with van der Waals surface area (Å²) in [7, 11) is -1.53. The average Bonchev–Trinajstić information content (AvgIpc) is 2.47. The molecule has 0 spiro atoms. The van der Waals surface area contributed by atoms with Gasteiger partial charge in [0, 0.05) is 18.2 Å². The largest absolute Gasteiger partial charge is 0.488 e. The van der Waals surface area contributed by atoms with E-state index in [4.69, 9.17) is 0 Å². The maximum Gasteiger partial charge on any atom is 0.488 e. The molecule has 1 aromatic carbocycles. The average molecular weight is 275 g/mol. The van der Waals surface area contributed by atoms with E-state index in [0.29, 0.717) is 17.1 Å². The maximum absolute atomic E-state index is 12.6. The van der Waals surface area contributed by atoms with Gasteiger partial charge in [0.25, 0.3) is 5.91 Å². The van der Waals surface area contributed by atoms with Gasteiger partial charge in [-0.25, -0.2) is 0 Å². The minimum absolute atomic E-state index is 0.00523. The van der Waals surface area contributed by atoms with Crippen molar-refractivity contribution >= 4 is 18.5 Å². The number of carbonyl (C=O) groups excluding carboxylic acids is 1. The molecular weight excluding hydrogens is 253 g/mol. The van der Waals surface area contributed by atoms with Crippen molar-refractivity contribution in [2.24, 2.45) is 0 Å². The number of hydrogen-bond donors (Lipinski definition) is 2. The van der Waals surface area contributed by atoms with Gasteiger partial charge in [-0.05, 0) is 43.3 Å². The van der Waals surface area contributed by atoms with Gasteiger partial charge in [-0.1, -0.05) is 25.5 Å². The number of hydrogen-bond acceptors (Lipinski definition) is 3. The van der Waals surface area contributed by atoms with Gasteiger partial charge in [-0.3, -0.25) is 4.79 Å². The summed E-state index contributed by atoms with van der Waals surface area (Å²) in [4.78, 5) is 14.6. The first-order valence-electron chi connectivity index (χ1n) is 7.40. The van der Waals surface area contributed by atoms with Crippen LogP contribution in [-0.2, 0) is 0 Å². The minimum atomic E-state index is -1.53. The Kier molecular flexibility index (Phi) is 5.20. The molecule has 0 aromatic heterocycles. The highest BCUT2D eigenvalue weighted by Crippen LogP contribution is 2.22. The lowest BCUT2D eigenvalue weighted by Crippen LogP contribution is -2.44. The van der Waals surface area contributed by atoms with Gasteiger partial charge in [0.15, 0.2) is 0 Å². The molecule has 1 aliphatic heterocycles. The van der Waals surface area contributed by atoms with E-state index >= 15 is 0 Å². The summed E-state index contributed by atoms with van der Waals surface area (Å²) in [5.74, 6) is 0.00523. The van der Waals surface area contributed by atoms with Crippen molar-refractivity contribution in [2.75, 3.05) is 6.54 Å². The summed E-state index contributed by atoms with van der Waals surface area (Å²) in [6, 6.07) is 6.95. The third-order valence-electron chi connectivity index (χ3n) is 3.94. The normalized spacial score (nSPS) is 18.9. The topological polar surface area (TPSA) is 60.8 Å². The van der Waals surface area contributed by atoms with E-state index in [2.05, 4.69) is 6.92 Å². The monoisotopic (exact) mass is 275 g/mol. The predicted molar refractivity (Wildman–Crippen MR) is 79.9 cm³/mol. The van der Waals surface area contributed by atoms with E-state index in [1.807, 2.05) is 4.90 Å². The second kappa shape index (κ2) is 6.91. The van der Waals surface area contributed by atoms with Crippen LogP contribution >= 0.6 is 0 Å². The number of piperidine rings is 1. The van der Waals surface area contributed by atoms with Gasteiger partial charge >= 0.3 is 7.12 Å². The van der Waals surface area contributed by atoms with Crippen LogP contribution in [0.1, 0.15) is 49.4 Å². The second-order valence-electron chi connectivity index (χ2n) is 5.44. The molecule has 1 aromatic rings. The lowest BCUT2D eigenvalue weighted by Gasteiger charge is -2.36. The molecule has 0 aliphatic carbocycles. The maximum atomic E-state index is 12.6. The van der Waals surface area contributed by atoms with Crippen molar-refractivity contribution in [2.45, 2.75) is 45.1 Å². The zero-order valence-electron chi connectivity index (χ0n) is 12.0. The van der Waals surface area contributed by atoms with Crippen LogP contribution in [0.15, 0.2) is 24.3 Å². The smallest absolute Gasteiger partial charge is 0.423 e. The second-order valence-corrected chi connectivity index (χ2v) is 5.44. The Balaban J connectivity index is 2.18. The van der Waals surface area contributed by atoms with Crippen LogP contribution < -0.4 is 5.46 Å². The van der Waals surface area contributed by atoms with Gasteiger partial charge < -0.3 is 14.9 Å². The molecule has 0 bridgehead atoms. The summed E-state index contributed by atoms with van der Waals surface area (Å²) < 4.78 is 0.